The molecule has 0 saturated heterocycles. The van der Waals surface area contributed by atoms with Crippen LogP contribution in [-0.2, 0) is 23.1 Å². The lowest BCUT2D eigenvalue weighted by Gasteiger charge is -2.03. The van der Waals surface area contributed by atoms with E-state index in [0.29, 0.717) is 18.8 Å². The van der Waals surface area contributed by atoms with Crippen molar-refractivity contribution in [2.24, 2.45) is 7.05 Å². The summed E-state index contributed by atoms with van der Waals surface area (Å²) in [6, 6.07) is 1.89. The first-order valence-electron chi connectivity index (χ1n) is 6.16. The summed E-state index contributed by atoms with van der Waals surface area (Å²) >= 11 is 0. The van der Waals surface area contributed by atoms with Crippen molar-refractivity contribution in [1.82, 2.24) is 24.8 Å². The number of carbonyl (C=O) groups excluding carboxylic acids is 1. The van der Waals surface area contributed by atoms with Gasteiger partial charge in [-0.3, -0.25) is 4.68 Å². The van der Waals surface area contributed by atoms with Crippen LogP contribution in [0.4, 0.5) is 0 Å². The highest BCUT2D eigenvalue weighted by Crippen LogP contribution is 2.08. The molecule has 2 heterocycles. The van der Waals surface area contributed by atoms with Gasteiger partial charge in [0.05, 0.1) is 24.5 Å². The minimum atomic E-state index is -0.494. The lowest BCUT2D eigenvalue weighted by molar-refractivity contribution is 0.0380. The van der Waals surface area contributed by atoms with E-state index < -0.39 is 5.97 Å². The largest absolute Gasteiger partial charge is 0.458 e. The Bertz CT molecular complexity index is 590. The molecule has 0 bridgehead atoms. The smallest absolute Gasteiger partial charge is 0.360 e. The van der Waals surface area contributed by atoms with E-state index in [4.69, 9.17) is 9.47 Å². The minimum Gasteiger partial charge on any atom is -0.458 e. The molecule has 0 amide bonds. The average molecular weight is 279 g/mol. The lowest BCUT2D eigenvalue weighted by Crippen LogP contribution is -2.12. The summed E-state index contributed by atoms with van der Waals surface area (Å²) in [5.74, 6) is -0.494. The number of rotatable bonds is 6. The van der Waals surface area contributed by atoms with Crippen molar-refractivity contribution in [3.05, 3.63) is 29.3 Å². The topological polar surface area (TPSA) is 84.1 Å². The Kier molecular flexibility index (Phi) is 4.46. The Labute approximate surface area is 116 Å². The number of esters is 1. The first-order valence-corrected chi connectivity index (χ1v) is 6.16. The number of nitrogens with zero attached hydrogens (tertiary/aromatic N) is 5. The van der Waals surface area contributed by atoms with Gasteiger partial charge in [-0.25, -0.2) is 9.48 Å². The third kappa shape index (κ3) is 3.21. The SMILES string of the molecule is COCCOC(=O)c1nnn(Cc2ccn(C)n2)c1C. The molecule has 0 spiro atoms. The average Bonchev–Trinajstić information content (AvgIpc) is 2.98. The van der Waals surface area contributed by atoms with E-state index in [1.807, 2.05) is 19.3 Å². The molecule has 0 aromatic carbocycles. The molecule has 8 nitrogen and oxygen atoms in total. The van der Waals surface area contributed by atoms with E-state index >= 15 is 0 Å². The van der Waals surface area contributed by atoms with Crippen LogP contribution in [0.1, 0.15) is 21.9 Å². The zero-order valence-electron chi connectivity index (χ0n) is 11.7. The fourth-order valence-electron chi connectivity index (χ4n) is 1.69. The monoisotopic (exact) mass is 279 g/mol. The molecule has 2 aromatic heterocycles. The van der Waals surface area contributed by atoms with Crippen LogP contribution in [-0.4, -0.2) is 51.1 Å². The van der Waals surface area contributed by atoms with Gasteiger partial charge in [0.25, 0.3) is 0 Å². The molecule has 108 valence electrons. The van der Waals surface area contributed by atoms with E-state index in [-0.39, 0.29) is 12.3 Å². The highest BCUT2D eigenvalue weighted by molar-refractivity contribution is 5.88. The molecule has 0 aliphatic heterocycles. The maximum Gasteiger partial charge on any atom is 0.360 e. The number of carbonyl (C=O) groups is 1. The predicted octanol–water partition coefficient (Wildman–Crippen LogP) is 0.172. The predicted molar refractivity (Wildman–Crippen MR) is 69.2 cm³/mol. The first-order chi connectivity index (χ1) is 9.61. The summed E-state index contributed by atoms with van der Waals surface area (Å²) < 4.78 is 13.2. The zero-order valence-corrected chi connectivity index (χ0v) is 11.7. The summed E-state index contributed by atoms with van der Waals surface area (Å²) in [7, 11) is 3.39. The number of ether oxygens (including phenoxy) is 2. The van der Waals surface area contributed by atoms with Crippen molar-refractivity contribution in [3.63, 3.8) is 0 Å². The first kappa shape index (κ1) is 14.2. The van der Waals surface area contributed by atoms with Crippen LogP contribution in [0.5, 0.6) is 0 Å². The number of aromatic nitrogens is 5. The van der Waals surface area contributed by atoms with Crippen molar-refractivity contribution in [3.8, 4) is 0 Å². The van der Waals surface area contributed by atoms with Crippen molar-refractivity contribution < 1.29 is 14.3 Å². The fraction of sp³-hybridized carbons (Fsp3) is 0.500. The second-order valence-electron chi connectivity index (χ2n) is 4.29. The Morgan fingerprint density at radius 2 is 2.20 bits per heavy atom. The number of hydrogen-bond donors (Lipinski definition) is 0. The van der Waals surface area contributed by atoms with Crippen LogP contribution in [0.25, 0.3) is 0 Å². The van der Waals surface area contributed by atoms with Crippen molar-refractivity contribution in [2.75, 3.05) is 20.3 Å². The molecule has 0 atom stereocenters. The third-order valence-electron chi connectivity index (χ3n) is 2.78. The van der Waals surface area contributed by atoms with E-state index in [9.17, 15) is 4.79 Å². The standard InChI is InChI=1S/C12H17N5O3/c1-9-11(12(18)20-7-6-19-3)13-15-17(9)8-10-4-5-16(2)14-10/h4-5H,6-8H2,1-3H3. The van der Waals surface area contributed by atoms with Gasteiger partial charge in [-0.2, -0.15) is 5.10 Å². The molecule has 8 heteroatoms. The fourth-order valence-corrected chi connectivity index (χ4v) is 1.69. The van der Waals surface area contributed by atoms with Gasteiger partial charge in [0.1, 0.15) is 6.61 Å². The Morgan fingerprint density at radius 3 is 2.85 bits per heavy atom. The summed E-state index contributed by atoms with van der Waals surface area (Å²) in [6.07, 6.45) is 1.85. The normalized spacial score (nSPS) is 10.8. The van der Waals surface area contributed by atoms with Gasteiger partial charge in [-0.1, -0.05) is 5.21 Å². The quantitative estimate of drug-likeness (QED) is 0.553. The Hall–Kier alpha value is -2.22. The van der Waals surface area contributed by atoms with Gasteiger partial charge < -0.3 is 9.47 Å². The van der Waals surface area contributed by atoms with Crippen LogP contribution >= 0.6 is 0 Å². The van der Waals surface area contributed by atoms with Crippen LogP contribution in [0.3, 0.4) is 0 Å². The van der Waals surface area contributed by atoms with Gasteiger partial charge in [-0.15, -0.1) is 5.10 Å². The van der Waals surface area contributed by atoms with Crippen LogP contribution in [0, 0.1) is 6.92 Å². The van der Waals surface area contributed by atoms with Crippen molar-refractivity contribution in [2.45, 2.75) is 13.5 Å². The summed E-state index contributed by atoms with van der Waals surface area (Å²) in [5.41, 5.74) is 1.72. The van der Waals surface area contributed by atoms with Gasteiger partial charge in [0, 0.05) is 20.4 Å². The molecular weight excluding hydrogens is 262 g/mol. The number of aryl methyl sites for hydroxylation is 1. The molecule has 0 N–H and O–H groups in total. The van der Waals surface area contributed by atoms with Gasteiger partial charge in [0.15, 0.2) is 5.69 Å². The van der Waals surface area contributed by atoms with Crippen LogP contribution in [0.15, 0.2) is 12.3 Å². The van der Waals surface area contributed by atoms with Crippen LogP contribution in [0.2, 0.25) is 0 Å². The summed E-state index contributed by atoms with van der Waals surface area (Å²) in [5, 5.41) is 12.1. The molecule has 0 aliphatic carbocycles. The maximum absolute atomic E-state index is 11.8. The molecule has 0 saturated carbocycles. The summed E-state index contributed by atoms with van der Waals surface area (Å²) in [4.78, 5) is 11.8. The molecule has 0 radical (unpaired) electrons. The second-order valence-corrected chi connectivity index (χ2v) is 4.29. The number of methoxy groups -OCH3 is 1. The van der Waals surface area contributed by atoms with E-state index in [0.717, 1.165) is 5.69 Å². The third-order valence-corrected chi connectivity index (χ3v) is 2.78. The number of hydrogen-bond acceptors (Lipinski definition) is 6. The summed E-state index contributed by atoms with van der Waals surface area (Å²) in [6.45, 7) is 2.79. The van der Waals surface area contributed by atoms with E-state index in [1.165, 1.54) is 0 Å². The van der Waals surface area contributed by atoms with Crippen molar-refractivity contribution >= 4 is 5.97 Å². The van der Waals surface area contributed by atoms with Gasteiger partial charge in [-0.05, 0) is 13.0 Å². The second kappa shape index (κ2) is 6.29. The molecule has 0 aliphatic rings. The van der Waals surface area contributed by atoms with Crippen molar-refractivity contribution in [1.29, 1.82) is 0 Å². The van der Waals surface area contributed by atoms with E-state index in [2.05, 4.69) is 15.4 Å². The molecule has 20 heavy (non-hydrogen) atoms. The maximum atomic E-state index is 11.8. The Morgan fingerprint density at radius 1 is 1.40 bits per heavy atom. The van der Waals surface area contributed by atoms with E-state index in [1.54, 1.807) is 23.4 Å². The lowest BCUT2D eigenvalue weighted by atomic mass is 10.3. The molecule has 0 fully saturated rings. The van der Waals surface area contributed by atoms with Gasteiger partial charge in [0.2, 0.25) is 0 Å². The zero-order chi connectivity index (χ0) is 14.5. The molecule has 2 aromatic rings. The molecule has 0 unspecified atom stereocenters. The van der Waals surface area contributed by atoms with Crippen LogP contribution < -0.4 is 0 Å². The highest BCUT2D eigenvalue weighted by atomic mass is 16.6. The van der Waals surface area contributed by atoms with Gasteiger partial charge >= 0.3 is 5.97 Å². The Balaban J connectivity index is 2.04. The minimum absolute atomic E-state index is 0.196. The molecular formula is C12H17N5O3. The highest BCUT2D eigenvalue weighted by Gasteiger charge is 2.18. The molecule has 2 rings (SSSR count).